The predicted octanol–water partition coefficient (Wildman–Crippen LogP) is 3.15. The Hall–Kier alpha value is -2.24. The first-order chi connectivity index (χ1) is 12.0. The van der Waals surface area contributed by atoms with Crippen LogP contribution in [0.3, 0.4) is 0 Å². The van der Waals surface area contributed by atoms with Gasteiger partial charge in [0.25, 0.3) is 5.91 Å². The number of nitrogens with zero attached hydrogens (tertiary/aromatic N) is 1. The average molecular weight is 363 g/mol. The van der Waals surface area contributed by atoms with Crippen LogP contribution >= 0.6 is 11.6 Å². The van der Waals surface area contributed by atoms with Crippen molar-refractivity contribution in [2.45, 2.75) is 6.04 Å². The number of nitrogens with one attached hydrogen (secondary N) is 1. The van der Waals surface area contributed by atoms with Crippen molar-refractivity contribution in [3.8, 4) is 11.5 Å². The molecule has 0 saturated heterocycles. The van der Waals surface area contributed by atoms with E-state index in [1.54, 1.807) is 19.2 Å². The Bertz CT molecular complexity index is 707. The summed E-state index contributed by atoms with van der Waals surface area (Å²) in [5.41, 5.74) is 1.07. The van der Waals surface area contributed by atoms with E-state index in [1.165, 1.54) is 0 Å². The van der Waals surface area contributed by atoms with Gasteiger partial charge in [0.05, 0.1) is 18.2 Å². The van der Waals surface area contributed by atoms with Gasteiger partial charge < -0.3 is 19.7 Å². The van der Waals surface area contributed by atoms with Crippen molar-refractivity contribution in [1.29, 1.82) is 0 Å². The summed E-state index contributed by atoms with van der Waals surface area (Å²) in [7, 11) is 5.57. The first kappa shape index (κ1) is 19.1. The molecule has 1 unspecified atom stereocenters. The third-order valence-electron chi connectivity index (χ3n) is 3.79. The molecule has 0 aromatic heterocycles. The minimum Gasteiger partial charge on any atom is -0.497 e. The molecule has 134 valence electrons. The topological polar surface area (TPSA) is 50.8 Å². The van der Waals surface area contributed by atoms with Gasteiger partial charge in [-0.15, -0.1) is 0 Å². The van der Waals surface area contributed by atoms with Gasteiger partial charge in [-0.25, -0.2) is 0 Å². The number of amides is 1. The number of halogens is 1. The van der Waals surface area contributed by atoms with E-state index in [2.05, 4.69) is 5.32 Å². The Morgan fingerprint density at radius 3 is 2.64 bits per heavy atom. The molecule has 1 N–H and O–H groups in total. The third-order valence-corrected chi connectivity index (χ3v) is 4.10. The van der Waals surface area contributed by atoms with Crippen LogP contribution in [0.15, 0.2) is 48.5 Å². The lowest BCUT2D eigenvalue weighted by Crippen LogP contribution is -2.36. The zero-order chi connectivity index (χ0) is 18.2. The van der Waals surface area contributed by atoms with E-state index in [1.807, 2.05) is 55.4 Å². The van der Waals surface area contributed by atoms with E-state index in [0.29, 0.717) is 17.3 Å². The van der Waals surface area contributed by atoms with Crippen molar-refractivity contribution in [2.24, 2.45) is 0 Å². The first-order valence-electron chi connectivity index (χ1n) is 7.95. The standard InChI is InChI=1S/C19H23ClN2O3/c1-22(2)17(14-7-6-8-15(11-14)24-3)12-21-19(23)13-25-18-10-5-4-9-16(18)20/h4-11,17H,12-13H2,1-3H3,(H,21,23). The minimum absolute atomic E-state index is 0.0272. The smallest absolute Gasteiger partial charge is 0.258 e. The molecule has 6 heteroatoms. The summed E-state index contributed by atoms with van der Waals surface area (Å²) in [6.45, 7) is 0.382. The summed E-state index contributed by atoms with van der Waals surface area (Å²) < 4.78 is 10.7. The Morgan fingerprint density at radius 1 is 1.20 bits per heavy atom. The Morgan fingerprint density at radius 2 is 1.96 bits per heavy atom. The second kappa shape index (κ2) is 9.30. The van der Waals surface area contributed by atoms with Crippen LogP contribution in [-0.2, 0) is 4.79 Å². The van der Waals surface area contributed by atoms with Crippen molar-refractivity contribution < 1.29 is 14.3 Å². The van der Waals surface area contributed by atoms with Crippen LogP contribution in [0.1, 0.15) is 11.6 Å². The molecule has 25 heavy (non-hydrogen) atoms. The van der Waals surface area contributed by atoms with Crippen LogP contribution in [0.25, 0.3) is 0 Å². The number of carbonyl (C=O) groups excluding carboxylic acids is 1. The second-order valence-electron chi connectivity index (χ2n) is 5.78. The Balaban J connectivity index is 1.92. The molecule has 2 rings (SSSR count). The maximum absolute atomic E-state index is 12.1. The van der Waals surface area contributed by atoms with Gasteiger partial charge in [0.1, 0.15) is 11.5 Å². The minimum atomic E-state index is -0.199. The van der Waals surface area contributed by atoms with Crippen LogP contribution in [0.4, 0.5) is 0 Å². The van der Waals surface area contributed by atoms with E-state index in [0.717, 1.165) is 11.3 Å². The van der Waals surface area contributed by atoms with Crippen LogP contribution in [-0.4, -0.2) is 45.2 Å². The van der Waals surface area contributed by atoms with E-state index in [-0.39, 0.29) is 18.6 Å². The van der Waals surface area contributed by atoms with Gasteiger partial charge in [0.15, 0.2) is 6.61 Å². The third kappa shape index (κ3) is 5.66. The van der Waals surface area contributed by atoms with E-state index >= 15 is 0 Å². The highest BCUT2D eigenvalue weighted by Gasteiger charge is 2.16. The molecule has 0 fully saturated rings. The highest BCUT2D eigenvalue weighted by molar-refractivity contribution is 6.32. The zero-order valence-electron chi connectivity index (χ0n) is 14.7. The van der Waals surface area contributed by atoms with Gasteiger partial charge >= 0.3 is 0 Å². The van der Waals surface area contributed by atoms with Crippen molar-refractivity contribution >= 4 is 17.5 Å². The number of likely N-dealkylation sites (N-methyl/N-ethyl adjacent to an activating group) is 1. The first-order valence-corrected chi connectivity index (χ1v) is 8.33. The molecule has 0 radical (unpaired) electrons. The van der Waals surface area contributed by atoms with E-state index in [9.17, 15) is 4.79 Å². The number of hydrogen-bond acceptors (Lipinski definition) is 4. The molecule has 1 amide bonds. The van der Waals surface area contributed by atoms with Crippen LogP contribution in [0.5, 0.6) is 11.5 Å². The molecule has 0 aliphatic rings. The number of para-hydroxylation sites is 1. The van der Waals surface area contributed by atoms with Gasteiger partial charge in [-0.3, -0.25) is 4.79 Å². The molecule has 0 saturated carbocycles. The highest BCUT2D eigenvalue weighted by atomic mass is 35.5. The number of benzene rings is 2. The molecule has 1 atom stereocenters. The number of carbonyl (C=O) groups is 1. The summed E-state index contributed by atoms with van der Waals surface area (Å²) >= 11 is 6.01. The monoisotopic (exact) mass is 362 g/mol. The van der Waals surface area contributed by atoms with Gasteiger partial charge in [-0.1, -0.05) is 35.9 Å². The average Bonchev–Trinajstić information content (AvgIpc) is 2.61. The number of ether oxygens (including phenoxy) is 2. The fourth-order valence-electron chi connectivity index (χ4n) is 2.41. The molecule has 0 heterocycles. The summed E-state index contributed by atoms with van der Waals surface area (Å²) in [6, 6.07) is 14.9. The van der Waals surface area contributed by atoms with E-state index < -0.39 is 0 Å². The fourth-order valence-corrected chi connectivity index (χ4v) is 2.60. The Labute approximate surface area is 153 Å². The number of rotatable bonds is 8. The summed E-state index contributed by atoms with van der Waals surface area (Å²) in [5.74, 6) is 1.09. The Kier molecular flexibility index (Phi) is 7.10. The van der Waals surface area contributed by atoms with Crippen molar-refractivity contribution in [3.05, 3.63) is 59.1 Å². The van der Waals surface area contributed by atoms with Crippen LogP contribution < -0.4 is 14.8 Å². The van der Waals surface area contributed by atoms with Gasteiger partial charge in [-0.05, 0) is 43.9 Å². The summed E-state index contributed by atoms with van der Waals surface area (Å²) in [4.78, 5) is 14.1. The molecule has 0 aliphatic carbocycles. The molecule has 2 aromatic rings. The molecule has 0 spiro atoms. The maximum Gasteiger partial charge on any atom is 0.258 e. The summed E-state index contributed by atoms with van der Waals surface area (Å²) in [6.07, 6.45) is 0. The largest absolute Gasteiger partial charge is 0.497 e. The lowest BCUT2D eigenvalue weighted by molar-refractivity contribution is -0.123. The van der Waals surface area contributed by atoms with E-state index in [4.69, 9.17) is 21.1 Å². The summed E-state index contributed by atoms with van der Waals surface area (Å²) in [5, 5.41) is 3.38. The van der Waals surface area contributed by atoms with Gasteiger partial charge in [0, 0.05) is 6.54 Å². The zero-order valence-corrected chi connectivity index (χ0v) is 15.4. The molecular formula is C19H23ClN2O3. The van der Waals surface area contributed by atoms with Crippen LogP contribution in [0, 0.1) is 0 Å². The van der Waals surface area contributed by atoms with Gasteiger partial charge in [-0.2, -0.15) is 0 Å². The highest BCUT2D eigenvalue weighted by Crippen LogP contribution is 2.23. The molecule has 2 aromatic carbocycles. The van der Waals surface area contributed by atoms with Crippen molar-refractivity contribution in [2.75, 3.05) is 34.4 Å². The lowest BCUT2D eigenvalue weighted by atomic mass is 10.1. The normalized spacial score (nSPS) is 11.9. The molecular weight excluding hydrogens is 340 g/mol. The second-order valence-corrected chi connectivity index (χ2v) is 6.19. The van der Waals surface area contributed by atoms with Gasteiger partial charge in [0.2, 0.25) is 0 Å². The SMILES string of the molecule is COc1cccc(C(CNC(=O)COc2ccccc2Cl)N(C)C)c1. The van der Waals surface area contributed by atoms with Crippen molar-refractivity contribution in [1.82, 2.24) is 10.2 Å². The molecule has 0 aliphatic heterocycles. The number of hydrogen-bond donors (Lipinski definition) is 1. The van der Waals surface area contributed by atoms with Crippen molar-refractivity contribution in [3.63, 3.8) is 0 Å². The molecule has 5 nitrogen and oxygen atoms in total. The quantitative estimate of drug-likeness (QED) is 0.783. The predicted molar refractivity (Wildman–Crippen MR) is 99.4 cm³/mol. The lowest BCUT2D eigenvalue weighted by Gasteiger charge is -2.25. The molecule has 0 bridgehead atoms. The number of methoxy groups -OCH3 is 1. The fraction of sp³-hybridized carbons (Fsp3) is 0.316. The maximum atomic E-state index is 12.1. The van der Waals surface area contributed by atoms with Crippen LogP contribution in [0.2, 0.25) is 5.02 Å².